The van der Waals surface area contributed by atoms with E-state index in [4.69, 9.17) is 18.9 Å². The molecule has 0 unspecified atom stereocenters. The van der Waals surface area contributed by atoms with Crippen molar-refractivity contribution in [3.8, 4) is 23.0 Å². The summed E-state index contributed by atoms with van der Waals surface area (Å²) >= 11 is 0. The Balaban J connectivity index is 1.35. The van der Waals surface area contributed by atoms with Crippen LogP contribution in [0.2, 0.25) is 0 Å². The highest BCUT2D eigenvalue weighted by Gasteiger charge is 2.13. The van der Waals surface area contributed by atoms with E-state index in [1.54, 1.807) is 0 Å². The number of nitrogens with zero attached hydrogens (tertiary/aromatic N) is 1. The second-order valence-electron chi connectivity index (χ2n) is 7.41. The van der Waals surface area contributed by atoms with Gasteiger partial charge in [-0.25, -0.2) is 0 Å². The van der Waals surface area contributed by atoms with Crippen LogP contribution in [0.5, 0.6) is 23.0 Å². The molecule has 5 rings (SSSR count). The van der Waals surface area contributed by atoms with E-state index < -0.39 is 0 Å². The smallest absolute Gasteiger partial charge is 0.205 e. The van der Waals surface area contributed by atoms with Crippen LogP contribution in [0.15, 0.2) is 54.6 Å². The Hall–Kier alpha value is -3.73. The Labute approximate surface area is 181 Å². The SMILES string of the molecule is C[n+]1c(/C=C/c2ccc3c(c2)OCCO3)cccc1/C=C/c1ccc2c(c1)OCCO2. The molecule has 2 aromatic carbocycles. The molecule has 0 fully saturated rings. The van der Waals surface area contributed by atoms with Crippen LogP contribution in [0, 0.1) is 0 Å². The highest BCUT2D eigenvalue weighted by molar-refractivity contribution is 5.71. The van der Waals surface area contributed by atoms with Crippen molar-refractivity contribution in [1.29, 1.82) is 0 Å². The molecule has 31 heavy (non-hydrogen) atoms. The molecule has 0 saturated carbocycles. The third-order valence-electron chi connectivity index (χ3n) is 5.33. The summed E-state index contributed by atoms with van der Waals surface area (Å²) in [4.78, 5) is 0. The van der Waals surface area contributed by atoms with Gasteiger partial charge in [-0.05, 0) is 53.6 Å². The fraction of sp³-hybridized carbons (Fsp3) is 0.192. The Bertz CT molecular complexity index is 1080. The maximum Gasteiger partial charge on any atom is 0.205 e. The molecule has 156 valence electrons. The van der Waals surface area contributed by atoms with E-state index in [1.807, 2.05) is 36.4 Å². The van der Waals surface area contributed by atoms with Crippen LogP contribution in [-0.4, -0.2) is 26.4 Å². The molecule has 0 aliphatic carbocycles. The maximum absolute atomic E-state index is 5.68. The maximum atomic E-state index is 5.68. The minimum Gasteiger partial charge on any atom is -0.486 e. The number of ether oxygens (including phenoxy) is 4. The molecule has 0 atom stereocenters. The van der Waals surface area contributed by atoms with Crippen molar-refractivity contribution in [3.05, 3.63) is 77.1 Å². The summed E-state index contributed by atoms with van der Waals surface area (Å²) in [5.74, 6) is 3.21. The highest BCUT2D eigenvalue weighted by Crippen LogP contribution is 2.32. The van der Waals surface area contributed by atoms with Gasteiger partial charge in [0.1, 0.15) is 33.5 Å². The molecule has 3 heterocycles. The second-order valence-corrected chi connectivity index (χ2v) is 7.41. The van der Waals surface area contributed by atoms with Crippen LogP contribution in [0.3, 0.4) is 0 Å². The van der Waals surface area contributed by atoms with Crippen molar-refractivity contribution in [2.75, 3.05) is 26.4 Å². The van der Waals surface area contributed by atoms with E-state index >= 15 is 0 Å². The van der Waals surface area contributed by atoms with Gasteiger partial charge >= 0.3 is 0 Å². The van der Waals surface area contributed by atoms with E-state index in [1.165, 1.54) is 0 Å². The number of benzene rings is 2. The molecule has 1 aromatic heterocycles. The molecule has 0 bridgehead atoms. The molecule has 0 radical (unpaired) electrons. The quantitative estimate of drug-likeness (QED) is 0.594. The summed E-state index contributed by atoms with van der Waals surface area (Å²) in [6.45, 7) is 2.38. The number of pyridine rings is 1. The van der Waals surface area contributed by atoms with Gasteiger partial charge < -0.3 is 18.9 Å². The minimum atomic E-state index is 0.590. The third kappa shape index (κ3) is 4.26. The normalized spacial score (nSPS) is 14.9. The Kier molecular flexibility index (Phi) is 5.31. The molecule has 2 aliphatic rings. The van der Waals surface area contributed by atoms with Gasteiger partial charge in [0.05, 0.1) is 0 Å². The summed E-state index contributed by atoms with van der Waals surface area (Å²) in [6.07, 6.45) is 8.38. The van der Waals surface area contributed by atoms with Crippen LogP contribution in [0.25, 0.3) is 24.3 Å². The fourth-order valence-electron chi connectivity index (χ4n) is 3.64. The van der Waals surface area contributed by atoms with Crippen molar-refractivity contribution in [2.45, 2.75) is 0 Å². The Morgan fingerprint density at radius 1 is 0.581 bits per heavy atom. The average molecular weight is 414 g/mol. The first-order valence-corrected chi connectivity index (χ1v) is 10.4. The zero-order valence-corrected chi connectivity index (χ0v) is 17.4. The first kappa shape index (κ1) is 19.2. The molecule has 0 amide bonds. The van der Waals surface area contributed by atoms with Crippen molar-refractivity contribution < 1.29 is 23.5 Å². The summed E-state index contributed by atoms with van der Waals surface area (Å²) in [5, 5.41) is 0. The molecule has 5 nitrogen and oxygen atoms in total. The molecule has 5 heteroatoms. The minimum absolute atomic E-state index is 0.590. The van der Waals surface area contributed by atoms with Crippen LogP contribution in [-0.2, 0) is 7.05 Å². The first-order chi connectivity index (χ1) is 15.3. The van der Waals surface area contributed by atoms with E-state index in [0.717, 1.165) is 45.5 Å². The molecule has 0 spiro atoms. The van der Waals surface area contributed by atoms with Gasteiger partial charge in [-0.15, -0.1) is 0 Å². The second kappa shape index (κ2) is 8.56. The van der Waals surface area contributed by atoms with Crippen molar-refractivity contribution in [2.24, 2.45) is 7.05 Å². The van der Waals surface area contributed by atoms with Gasteiger partial charge in [0, 0.05) is 24.3 Å². The predicted molar refractivity (Wildman–Crippen MR) is 120 cm³/mol. The lowest BCUT2D eigenvalue weighted by atomic mass is 10.1. The van der Waals surface area contributed by atoms with Gasteiger partial charge in [-0.3, -0.25) is 0 Å². The molecule has 2 aliphatic heterocycles. The lowest BCUT2D eigenvalue weighted by Gasteiger charge is -2.18. The van der Waals surface area contributed by atoms with Gasteiger partial charge in [-0.1, -0.05) is 12.1 Å². The summed E-state index contributed by atoms with van der Waals surface area (Å²) < 4.78 is 24.7. The van der Waals surface area contributed by atoms with Crippen LogP contribution in [0.1, 0.15) is 22.5 Å². The molecule has 0 saturated heterocycles. The summed E-state index contributed by atoms with van der Waals surface area (Å²) in [7, 11) is 2.06. The lowest BCUT2D eigenvalue weighted by Crippen LogP contribution is -2.35. The van der Waals surface area contributed by atoms with Gasteiger partial charge in [0.25, 0.3) is 0 Å². The molecule has 3 aromatic rings. The Morgan fingerprint density at radius 2 is 1.03 bits per heavy atom. The standard InChI is InChI=1S/C26H24NO4/c1-27-21(9-5-19-7-11-23-25(17-19)30-15-13-28-23)3-2-4-22(27)10-6-20-8-12-24-26(18-20)31-16-14-29-24/h2-12,17-18H,13-16H2,1H3/q+1/b9-5+,10-6+. The van der Waals surface area contributed by atoms with Crippen LogP contribution in [0.4, 0.5) is 0 Å². The average Bonchev–Trinajstić information content (AvgIpc) is 2.82. The van der Waals surface area contributed by atoms with Crippen molar-refractivity contribution >= 4 is 24.3 Å². The first-order valence-electron chi connectivity index (χ1n) is 10.4. The number of fused-ring (bicyclic) bond motifs is 2. The lowest BCUT2D eigenvalue weighted by molar-refractivity contribution is -0.675. The molecular formula is C26H24NO4+. The number of hydrogen-bond acceptors (Lipinski definition) is 4. The van der Waals surface area contributed by atoms with E-state index in [9.17, 15) is 0 Å². The number of rotatable bonds is 4. The van der Waals surface area contributed by atoms with Crippen LogP contribution < -0.4 is 23.5 Å². The van der Waals surface area contributed by atoms with Crippen molar-refractivity contribution in [3.63, 3.8) is 0 Å². The monoisotopic (exact) mass is 414 g/mol. The summed E-state index contributed by atoms with van der Waals surface area (Å²) in [5.41, 5.74) is 4.33. The highest BCUT2D eigenvalue weighted by atomic mass is 16.6. The van der Waals surface area contributed by atoms with Gasteiger partial charge in [0.2, 0.25) is 11.4 Å². The number of hydrogen-bond donors (Lipinski definition) is 0. The molecule has 0 N–H and O–H groups in total. The van der Waals surface area contributed by atoms with Crippen molar-refractivity contribution in [1.82, 2.24) is 0 Å². The topological polar surface area (TPSA) is 40.8 Å². The van der Waals surface area contributed by atoms with Gasteiger partial charge in [-0.2, -0.15) is 4.57 Å². The Morgan fingerprint density at radius 3 is 1.52 bits per heavy atom. The third-order valence-corrected chi connectivity index (χ3v) is 5.33. The summed E-state index contributed by atoms with van der Waals surface area (Å²) in [6, 6.07) is 18.3. The van der Waals surface area contributed by atoms with Gasteiger partial charge in [0.15, 0.2) is 23.0 Å². The number of aromatic nitrogens is 1. The molecular weight excluding hydrogens is 390 g/mol. The van der Waals surface area contributed by atoms with Crippen LogP contribution >= 0.6 is 0 Å². The zero-order chi connectivity index (χ0) is 21.0. The van der Waals surface area contributed by atoms with E-state index in [-0.39, 0.29) is 0 Å². The van der Waals surface area contributed by atoms with E-state index in [0.29, 0.717) is 26.4 Å². The zero-order valence-electron chi connectivity index (χ0n) is 17.4. The predicted octanol–water partition coefficient (Wildman–Crippen LogP) is 4.39. The largest absolute Gasteiger partial charge is 0.486 e. The van der Waals surface area contributed by atoms with E-state index in [2.05, 4.69) is 54.1 Å². The fourth-order valence-corrected chi connectivity index (χ4v) is 3.64.